The Morgan fingerprint density at radius 3 is 2.57 bits per heavy atom. The van der Waals surface area contributed by atoms with E-state index in [4.69, 9.17) is 10.5 Å². The number of carbonyl (C=O) groups is 2. The van der Waals surface area contributed by atoms with Gasteiger partial charge in [0.2, 0.25) is 0 Å². The summed E-state index contributed by atoms with van der Waals surface area (Å²) < 4.78 is 5.03. The number of thioether (sulfide) groups is 1. The highest BCUT2D eigenvalue weighted by Crippen LogP contribution is 2.33. The Balaban J connectivity index is 1.81. The number of carbonyl (C=O) groups excluding carboxylic acids is 2. The molecule has 0 aromatic carbocycles. The Kier molecular flexibility index (Phi) is 5.76. The van der Waals surface area contributed by atoms with Crippen LogP contribution in [0.1, 0.15) is 49.5 Å². The average molecular weight is 419 g/mol. The van der Waals surface area contributed by atoms with Crippen LogP contribution in [-0.4, -0.2) is 39.1 Å². The third-order valence-electron chi connectivity index (χ3n) is 4.56. The second-order valence-electron chi connectivity index (χ2n) is 6.41. The molecule has 28 heavy (non-hydrogen) atoms. The van der Waals surface area contributed by atoms with E-state index in [-0.39, 0.29) is 18.1 Å². The molecule has 3 rings (SSSR count). The van der Waals surface area contributed by atoms with Crippen LogP contribution in [0.3, 0.4) is 0 Å². The summed E-state index contributed by atoms with van der Waals surface area (Å²) >= 11 is 2.81. The molecule has 9 heteroatoms. The number of nitrogens with zero attached hydrogens (tertiary/aromatic N) is 2. The Labute approximate surface area is 171 Å². The summed E-state index contributed by atoms with van der Waals surface area (Å²) in [4.78, 5) is 38.6. The maximum Gasteiger partial charge on any atom is 0.355 e. The monoisotopic (exact) mass is 418 g/mol. The number of thiophene rings is 1. The van der Waals surface area contributed by atoms with Crippen molar-refractivity contribution in [2.75, 3.05) is 18.1 Å². The first kappa shape index (κ1) is 20.3. The van der Waals surface area contributed by atoms with Gasteiger partial charge < -0.3 is 15.5 Å². The summed E-state index contributed by atoms with van der Waals surface area (Å²) in [6.45, 7) is 9.55. The number of aromatic nitrogens is 3. The van der Waals surface area contributed by atoms with Gasteiger partial charge in [0.15, 0.2) is 10.9 Å². The second kappa shape index (κ2) is 7.92. The minimum absolute atomic E-state index is 0.104. The number of nitrogen functional groups attached to an aromatic ring is 1. The lowest BCUT2D eigenvalue weighted by Gasteiger charge is -2.04. The van der Waals surface area contributed by atoms with E-state index in [1.807, 2.05) is 13.8 Å². The number of aromatic amines is 1. The Morgan fingerprint density at radius 2 is 1.89 bits per heavy atom. The van der Waals surface area contributed by atoms with Gasteiger partial charge >= 0.3 is 5.97 Å². The molecule has 0 spiro atoms. The predicted molar refractivity (Wildman–Crippen MR) is 113 cm³/mol. The van der Waals surface area contributed by atoms with E-state index in [0.29, 0.717) is 33.5 Å². The molecule has 0 amide bonds. The Morgan fingerprint density at radius 1 is 1.18 bits per heavy atom. The minimum atomic E-state index is -0.459. The van der Waals surface area contributed by atoms with Crippen LogP contribution in [0.15, 0.2) is 5.16 Å². The number of hydrogen-bond acceptors (Lipinski definition) is 8. The van der Waals surface area contributed by atoms with E-state index in [2.05, 4.69) is 15.0 Å². The van der Waals surface area contributed by atoms with E-state index in [1.165, 1.54) is 11.8 Å². The minimum Gasteiger partial charge on any atom is -0.461 e. The summed E-state index contributed by atoms with van der Waals surface area (Å²) in [5, 5.41) is 1.35. The topological polar surface area (TPSA) is 111 Å². The van der Waals surface area contributed by atoms with Crippen LogP contribution >= 0.6 is 23.1 Å². The van der Waals surface area contributed by atoms with Crippen molar-refractivity contribution in [1.82, 2.24) is 15.0 Å². The summed E-state index contributed by atoms with van der Waals surface area (Å²) in [6.07, 6.45) is 0. The number of ether oxygens (including phenoxy) is 1. The molecule has 0 aliphatic rings. The maximum absolute atomic E-state index is 12.8. The number of hydrogen-bond donors (Lipinski definition) is 2. The number of nitrogens with two attached hydrogens (primary N) is 1. The highest BCUT2D eigenvalue weighted by Gasteiger charge is 2.23. The SMILES string of the molecule is CCOC(=O)c1[nH]c(C)c(C(=O)CSc2nc(N)c3c(C)c(C)sc3n2)c1C. The van der Waals surface area contributed by atoms with Crippen molar-refractivity contribution in [3.8, 4) is 0 Å². The lowest BCUT2D eigenvalue weighted by molar-refractivity contribution is 0.0519. The molecule has 0 saturated heterocycles. The normalized spacial score (nSPS) is 11.2. The van der Waals surface area contributed by atoms with Crippen molar-refractivity contribution in [2.45, 2.75) is 39.8 Å². The van der Waals surface area contributed by atoms with Crippen molar-refractivity contribution in [1.29, 1.82) is 0 Å². The van der Waals surface area contributed by atoms with Gasteiger partial charge in [-0.3, -0.25) is 4.79 Å². The molecule has 3 N–H and O–H groups in total. The van der Waals surface area contributed by atoms with Crippen LogP contribution in [0.4, 0.5) is 5.82 Å². The van der Waals surface area contributed by atoms with Gasteiger partial charge in [-0.1, -0.05) is 11.8 Å². The van der Waals surface area contributed by atoms with Crippen molar-refractivity contribution in [2.24, 2.45) is 0 Å². The average Bonchev–Trinajstić information content (AvgIpc) is 3.09. The number of esters is 1. The fourth-order valence-electron chi connectivity index (χ4n) is 3.10. The highest BCUT2D eigenvalue weighted by molar-refractivity contribution is 7.99. The number of fused-ring (bicyclic) bond motifs is 1. The standard InChI is InChI=1S/C19H22N4O3S2/c1-6-26-18(25)15-9(3)13(10(4)21-15)12(24)7-27-19-22-16(20)14-8(2)11(5)28-17(14)23-19/h21H,6-7H2,1-5H3,(H2,20,22,23). The Bertz CT molecular complexity index is 1080. The number of aryl methyl sites for hydroxylation is 3. The molecular weight excluding hydrogens is 396 g/mol. The molecule has 0 aliphatic heterocycles. The van der Waals surface area contributed by atoms with Gasteiger partial charge in [0.05, 0.1) is 17.7 Å². The zero-order valence-corrected chi connectivity index (χ0v) is 18.1. The van der Waals surface area contributed by atoms with Gasteiger partial charge in [-0.25, -0.2) is 14.8 Å². The molecule has 7 nitrogen and oxygen atoms in total. The van der Waals surface area contributed by atoms with E-state index < -0.39 is 5.97 Å². The molecule has 0 bridgehead atoms. The van der Waals surface area contributed by atoms with Crippen molar-refractivity contribution < 1.29 is 14.3 Å². The number of nitrogens with one attached hydrogen (secondary N) is 1. The summed E-state index contributed by atoms with van der Waals surface area (Å²) in [5.41, 5.74) is 9.27. The molecular formula is C19H22N4O3S2. The summed E-state index contributed by atoms with van der Waals surface area (Å²) in [7, 11) is 0. The van der Waals surface area contributed by atoms with Gasteiger partial charge in [-0.05, 0) is 45.7 Å². The molecule has 3 aromatic rings. The molecule has 0 radical (unpaired) electrons. The first-order chi connectivity index (χ1) is 13.2. The first-order valence-corrected chi connectivity index (χ1v) is 10.6. The summed E-state index contributed by atoms with van der Waals surface area (Å²) in [5.74, 6) is 0.0172. The predicted octanol–water partition coefficient (Wildman–Crippen LogP) is 3.99. The zero-order valence-electron chi connectivity index (χ0n) is 16.4. The second-order valence-corrected chi connectivity index (χ2v) is 8.56. The van der Waals surface area contributed by atoms with Crippen molar-refractivity contribution in [3.05, 3.63) is 33.0 Å². The third-order valence-corrected chi connectivity index (χ3v) is 6.51. The van der Waals surface area contributed by atoms with E-state index in [1.54, 1.807) is 32.1 Å². The van der Waals surface area contributed by atoms with Crippen molar-refractivity contribution in [3.63, 3.8) is 0 Å². The molecule has 3 heterocycles. The number of rotatable bonds is 6. The smallest absolute Gasteiger partial charge is 0.355 e. The quantitative estimate of drug-likeness (QED) is 0.269. The first-order valence-electron chi connectivity index (χ1n) is 8.80. The van der Waals surface area contributed by atoms with E-state index in [0.717, 1.165) is 20.7 Å². The largest absolute Gasteiger partial charge is 0.461 e. The van der Waals surface area contributed by atoms with E-state index in [9.17, 15) is 9.59 Å². The lowest BCUT2D eigenvalue weighted by atomic mass is 10.1. The lowest BCUT2D eigenvalue weighted by Crippen LogP contribution is -2.08. The zero-order chi connectivity index (χ0) is 20.6. The molecule has 0 unspecified atom stereocenters. The van der Waals surface area contributed by atoms with Gasteiger partial charge in [0, 0.05) is 16.1 Å². The van der Waals surface area contributed by atoms with Crippen LogP contribution in [0.5, 0.6) is 0 Å². The fourth-order valence-corrected chi connectivity index (χ4v) is 4.92. The molecule has 0 aliphatic carbocycles. The fraction of sp³-hybridized carbons (Fsp3) is 0.368. The third kappa shape index (κ3) is 3.64. The van der Waals surface area contributed by atoms with Crippen LogP contribution in [0, 0.1) is 27.7 Å². The van der Waals surface area contributed by atoms with E-state index >= 15 is 0 Å². The number of anilines is 1. The van der Waals surface area contributed by atoms with Gasteiger partial charge in [-0.2, -0.15) is 0 Å². The summed E-state index contributed by atoms with van der Waals surface area (Å²) in [6, 6.07) is 0. The van der Waals surface area contributed by atoms with Crippen LogP contribution in [0.2, 0.25) is 0 Å². The molecule has 0 saturated carbocycles. The Hall–Kier alpha value is -2.39. The van der Waals surface area contributed by atoms with Crippen molar-refractivity contribution >= 4 is 50.9 Å². The van der Waals surface area contributed by atoms with Crippen LogP contribution in [-0.2, 0) is 4.74 Å². The molecule has 0 fully saturated rings. The van der Waals surface area contributed by atoms with Crippen LogP contribution in [0.25, 0.3) is 10.2 Å². The van der Waals surface area contributed by atoms with Gasteiger partial charge in [0.1, 0.15) is 16.3 Å². The number of Topliss-reactive ketones (excluding diaryl/α,β-unsaturated/α-hetero) is 1. The highest BCUT2D eigenvalue weighted by atomic mass is 32.2. The maximum atomic E-state index is 12.8. The molecule has 148 valence electrons. The number of ketones is 1. The van der Waals surface area contributed by atoms with Gasteiger partial charge in [-0.15, -0.1) is 11.3 Å². The molecule has 0 atom stereocenters. The molecule has 3 aromatic heterocycles. The van der Waals surface area contributed by atoms with Crippen LogP contribution < -0.4 is 5.73 Å². The number of H-pyrrole nitrogens is 1. The van der Waals surface area contributed by atoms with Gasteiger partial charge in [0.25, 0.3) is 0 Å².